The Morgan fingerprint density at radius 3 is 2.25 bits per heavy atom. The zero-order valence-electron chi connectivity index (χ0n) is 12.0. The summed E-state index contributed by atoms with van der Waals surface area (Å²) in [6.45, 7) is 4.76. The van der Waals surface area contributed by atoms with Gasteiger partial charge in [0.15, 0.2) is 0 Å². The summed E-state index contributed by atoms with van der Waals surface area (Å²) in [5.74, 6) is 0.659. The molecule has 1 aromatic rings. The van der Waals surface area contributed by atoms with Crippen molar-refractivity contribution in [1.29, 1.82) is 0 Å². The minimum absolute atomic E-state index is 0.163. The number of aliphatic hydroxyl groups excluding tert-OH is 2. The standard InChI is InChI=1S/C15H25N3O2/c19-11-9-17(10-12-20)13-14-3-7-18(8-4-14)15-1-5-16-6-2-15/h1-2,5-6,14,19-20H,3-4,7-13H2. The lowest BCUT2D eigenvalue weighted by atomic mass is 9.96. The molecule has 112 valence electrons. The van der Waals surface area contributed by atoms with Gasteiger partial charge >= 0.3 is 0 Å². The van der Waals surface area contributed by atoms with Crippen LogP contribution in [0.1, 0.15) is 12.8 Å². The van der Waals surface area contributed by atoms with E-state index in [0.29, 0.717) is 19.0 Å². The molecule has 0 amide bonds. The molecule has 1 saturated heterocycles. The molecule has 0 aliphatic carbocycles. The number of hydrogen-bond acceptors (Lipinski definition) is 5. The number of nitrogens with zero attached hydrogens (tertiary/aromatic N) is 3. The molecule has 2 N–H and O–H groups in total. The van der Waals surface area contributed by atoms with Gasteiger partial charge in [0, 0.05) is 50.8 Å². The van der Waals surface area contributed by atoms with E-state index in [1.165, 1.54) is 5.69 Å². The van der Waals surface area contributed by atoms with Gasteiger partial charge in [0.05, 0.1) is 13.2 Å². The first-order valence-electron chi connectivity index (χ1n) is 7.42. The topological polar surface area (TPSA) is 59.8 Å². The fourth-order valence-electron chi connectivity index (χ4n) is 2.87. The van der Waals surface area contributed by atoms with Crippen LogP contribution in [-0.2, 0) is 0 Å². The third-order valence-electron chi connectivity index (χ3n) is 3.99. The molecular formula is C15H25N3O2. The summed E-state index contributed by atoms with van der Waals surface area (Å²) >= 11 is 0. The highest BCUT2D eigenvalue weighted by molar-refractivity contribution is 5.44. The van der Waals surface area contributed by atoms with Crippen molar-refractivity contribution < 1.29 is 10.2 Å². The SMILES string of the molecule is OCCN(CCO)CC1CCN(c2ccncc2)CC1. The summed E-state index contributed by atoms with van der Waals surface area (Å²) in [7, 11) is 0. The second kappa shape index (κ2) is 8.19. The molecule has 0 unspecified atom stereocenters. The molecule has 0 aromatic carbocycles. The van der Waals surface area contributed by atoms with Crippen molar-refractivity contribution in [2.45, 2.75) is 12.8 Å². The lowest BCUT2D eigenvalue weighted by Crippen LogP contribution is -2.40. The maximum Gasteiger partial charge on any atom is 0.0558 e. The van der Waals surface area contributed by atoms with E-state index in [1.807, 2.05) is 12.4 Å². The molecule has 0 saturated carbocycles. The second-order valence-corrected chi connectivity index (χ2v) is 5.38. The number of hydrogen-bond donors (Lipinski definition) is 2. The first-order chi connectivity index (χ1) is 9.83. The molecule has 0 spiro atoms. The largest absolute Gasteiger partial charge is 0.395 e. The van der Waals surface area contributed by atoms with Crippen LogP contribution in [0.25, 0.3) is 0 Å². The van der Waals surface area contributed by atoms with Gasteiger partial charge in [-0.25, -0.2) is 0 Å². The molecule has 1 fully saturated rings. The van der Waals surface area contributed by atoms with E-state index in [9.17, 15) is 0 Å². The molecule has 0 radical (unpaired) electrons. The summed E-state index contributed by atoms with van der Waals surface area (Å²) < 4.78 is 0. The molecule has 2 heterocycles. The average molecular weight is 279 g/mol. The Labute approximate surface area is 120 Å². The number of pyridine rings is 1. The lowest BCUT2D eigenvalue weighted by Gasteiger charge is -2.35. The number of aliphatic hydroxyl groups is 2. The van der Waals surface area contributed by atoms with E-state index in [0.717, 1.165) is 32.5 Å². The first kappa shape index (κ1) is 15.2. The van der Waals surface area contributed by atoms with Crippen molar-refractivity contribution in [3.8, 4) is 0 Å². The second-order valence-electron chi connectivity index (χ2n) is 5.38. The fraction of sp³-hybridized carbons (Fsp3) is 0.667. The number of aromatic nitrogens is 1. The van der Waals surface area contributed by atoms with E-state index < -0.39 is 0 Å². The Balaban J connectivity index is 1.79. The van der Waals surface area contributed by atoms with Crippen LogP contribution >= 0.6 is 0 Å². The zero-order valence-corrected chi connectivity index (χ0v) is 12.0. The van der Waals surface area contributed by atoms with Gasteiger partial charge < -0.3 is 15.1 Å². The van der Waals surface area contributed by atoms with Crippen molar-refractivity contribution in [3.63, 3.8) is 0 Å². The van der Waals surface area contributed by atoms with Gasteiger partial charge in [-0.3, -0.25) is 9.88 Å². The molecule has 0 atom stereocenters. The Hall–Kier alpha value is -1.17. The molecule has 2 rings (SSSR count). The third-order valence-corrected chi connectivity index (χ3v) is 3.99. The Kier molecular flexibility index (Phi) is 6.24. The fourth-order valence-corrected chi connectivity index (χ4v) is 2.87. The van der Waals surface area contributed by atoms with E-state index in [4.69, 9.17) is 10.2 Å². The Morgan fingerprint density at radius 1 is 1.10 bits per heavy atom. The molecule has 20 heavy (non-hydrogen) atoms. The molecule has 0 bridgehead atoms. The smallest absolute Gasteiger partial charge is 0.0558 e. The Morgan fingerprint density at radius 2 is 1.70 bits per heavy atom. The van der Waals surface area contributed by atoms with Crippen LogP contribution in [0, 0.1) is 5.92 Å². The Bertz CT molecular complexity index is 361. The van der Waals surface area contributed by atoms with E-state index in [2.05, 4.69) is 26.9 Å². The van der Waals surface area contributed by atoms with Crippen molar-refractivity contribution in [2.24, 2.45) is 5.92 Å². The van der Waals surface area contributed by atoms with E-state index in [1.54, 1.807) is 0 Å². The highest BCUT2D eigenvalue weighted by atomic mass is 16.3. The summed E-state index contributed by atoms with van der Waals surface area (Å²) in [4.78, 5) is 8.62. The molecule has 1 aliphatic heterocycles. The van der Waals surface area contributed by atoms with Gasteiger partial charge in [-0.15, -0.1) is 0 Å². The highest BCUT2D eigenvalue weighted by Crippen LogP contribution is 2.23. The van der Waals surface area contributed by atoms with Crippen molar-refractivity contribution in [1.82, 2.24) is 9.88 Å². The van der Waals surface area contributed by atoms with Crippen LogP contribution in [0.2, 0.25) is 0 Å². The van der Waals surface area contributed by atoms with Gasteiger partial charge in [-0.1, -0.05) is 0 Å². The van der Waals surface area contributed by atoms with Crippen LogP contribution in [0.4, 0.5) is 5.69 Å². The van der Waals surface area contributed by atoms with Crippen molar-refractivity contribution in [3.05, 3.63) is 24.5 Å². The molecule has 5 nitrogen and oxygen atoms in total. The molecule has 1 aromatic heterocycles. The normalized spacial score (nSPS) is 16.9. The van der Waals surface area contributed by atoms with Crippen LogP contribution in [-0.4, -0.2) is 66.0 Å². The average Bonchev–Trinajstić information content (AvgIpc) is 2.49. The summed E-state index contributed by atoms with van der Waals surface area (Å²) in [6.07, 6.45) is 6.00. The lowest BCUT2D eigenvalue weighted by molar-refractivity contribution is 0.138. The van der Waals surface area contributed by atoms with Crippen molar-refractivity contribution >= 4 is 5.69 Å². The van der Waals surface area contributed by atoms with Gasteiger partial charge in [0.2, 0.25) is 0 Å². The van der Waals surface area contributed by atoms with Crippen LogP contribution < -0.4 is 4.90 Å². The number of anilines is 1. The highest BCUT2D eigenvalue weighted by Gasteiger charge is 2.21. The third kappa shape index (κ3) is 4.44. The monoisotopic (exact) mass is 279 g/mol. The van der Waals surface area contributed by atoms with E-state index >= 15 is 0 Å². The van der Waals surface area contributed by atoms with Gasteiger partial charge in [-0.05, 0) is 30.9 Å². The van der Waals surface area contributed by atoms with Crippen molar-refractivity contribution in [2.75, 3.05) is 50.8 Å². The quantitative estimate of drug-likeness (QED) is 0.765. The first-order valence-corrected chi connectivity index (χ1v) is 7.42. The maximum atomic E-state index is 9.05. The minimum atomic E-state index is 0.163. The van der Waals surface area contributed by atoms with Gasteiger partial charge in [0.1, 0.15) is 0 Å². The van der Waals surface area contributed by atoms with Crippen LogP contribution in [0.15, 0.2) is 24.5 Å². The molecule has 1 aliphatic rings. The number of rotatable bonds is 7. The predicted octanol–water partition coefficient (Wildman–Crippen LogP) is 0.585. The van der Waals surface area contributed by atoms with Crippen LogP contribution in [0.5, 0.6) is 0 Å². The zero-order chi connectivity index (χ0) is 14.2. The number of piperidine rings is 1. The summed E-state index contributed by atoms with van der Waals surface area (Å²) in [5, 5.41) is 18.1. The summed E-state index contributed by atoms with van der Waals surface area (Å²) in [5.41, 5.74) is 1.25. The van der Waals surface area contributed by atoms with Gasteiger partial charge in [0.25, 0.3) is 0 Å². The molecular weight excluding hydrogens is 254 g/mol. The van der Waals surface area contributed by atoms with E-state index in [-0.39, 0.29) is 13.2 Å². The molecule has 5 heteroatoms. The maximum absolute atomic E-state index is 9.05. The minimum Gasteiger partial charge on any atom is -0.395 e. The summed E-state index contributed by atoms with van der Waals surface area (Å²) in [6, 6.07) is 4.12. The van der Waals surface area contributed by atoms with Crippen LogP contribution in [0.3, 0.4) is 0 Å². The predicted molar refractivity (Wildman–Crippen MR) is 79.8 cm³/mol. The van der Waals surface area contributed by atoms with Gasteiger partial charge in [-0.2, -0.15) is 0 Å².